The van der Waals surface area contributed by atoms with Crippen molar-refractivity contribution >= 4 is 23.1 Å². The number of nitrogens with zero attached hydrogens (tertiary/aromatic N) is 6. The minimum Gasteiger partial charge on any atom is -0.347 e. The number of piperidine rings is 1. The number of carbonyl (C=O) groups is 1. The molecule has 0 aliphatic carbocycles. The van der Waals surface area contributed by atoms with Crippen LogP contribution >= 0.6 is 0 Å². The maximum Gasteiger partial charge on any atom is 0.418 e. The molecule has 3 aliphatic rings. The molecule has 0 spiro atoms. The number of rotatable bonds is 6. The Morgan fingerprint density at radius 3 is 2.56 bits per heavy atom. The van der Waals surface area contributed by atoms with Crippen LogP contribution in [0.15, 0.2) is 66.2 Å². The molecule has 0 atom stereocenters. The number of urea groups is 1. The SMILES string of the molecule is C=CNC1=NC=C/C1=C(/C)c1cnn(C2(CC#N)CN(C3CCN(C(=O)Nc4ccc(F)cc4C(F)(F)F)CC3)C2)c1.CCC. The molecule has 13 heteroatoms. The van der Waals surface area contributed by atoms with Crippen LogP contribution in [0.25, 0.3) is 5.57 Å². The number of nitriles is 1. The van der Waals surface area contributed by atoms with E-state index in [1.54, 1.807) is 18.6 Å². The smallest absolute Gasteiger partial charge is 0.347 e. The summed E-state index contributed by atoms with van der Waals surface area (Å²) in [4.78, 5) is 20.8. The summed E-state index contributed by atoms with van der Waals surface area (Å²) in [6, 6.07) is 3.97. The number of aromatic nitrogens is 2. The Morgan fingerprint density at radius 1 is 1.24 bits per heavy atom. The van der Waals surface area contributed by atoms with Crippen molar-refractivity contribution in [2.75, 3.05) is 31.5 Å². The van der Waals surface area contributed by atoms with Gasteiger partial charge in [-0.1, -0.05) is 26.8 Å². The number of benzene rings is 1. The van der Waals surface area contributed by atoms with E-state index in [0.717, 1.165) is 28.8 Å². The summed E-state index contributed by atoms with van der Waals surface area (Å²) in [7, 11) is 0. The predicted octanol–water partition coefficient (Wildman–Crippen LogP) is 6.51. The number of halogens is 4. The third kappa shape index (κ3) is 7.45. The normalized spacial score (nSPS) is 19.1. The van der Waals surface area contributed by atoms with E-state index in [9.17, 15) is 27.6 Å². The molecular formula is C32H38F4N8O. The lowest BCUT2D eigenvalue weighted by molar-refractivity contribution is -0.137. The van der Waals surface area contributed by atoms with Gasteiger partial charge in [-0.3, -0.25) is 9.58 Å². The highest BCUT2D eigenvalue weighted by Gasteiger charge is 2.48. The molecule has 1 aromatic carbocycles. The number of hydrogen-bond acceptors (Lipinski definition) is 6. The standard InChI is InChI=1S/C29H30F4N8O.C3H8/c1-3-35-26-23(6-11-36-26)19(2)20-15-37-41(16-20)28(9-10-34)17-40(18-28)22-7-12-39(13-8-22)27(42)38-25-5-4-21(30)14-24(25)29(31,32)33;1-3-2/h3-6,11,14-16,22H,1,7-9,12-13,17-18H2,2H3,(H,35,36)(H,38,42);3H2,1-2H3/b23-19+;. The molecular weight excluding hydrogens is 588 g/mol. The Morgan fingerprint density at radius 2 is 1.93 bits per heavy atom. The molecule has 2 fully saturated rings. The van der Waals surface area contributed by atoms with Gasteiger partial charge in [-0.2, -0.15) is 23.5 Å². The number of amidine groups is 1. The van der Waals surface area contributed by atoms with Gasteiger partial charge >= 0.3 is 12.2 Å². The van der Waals surface area contributed by atoms with Crippen molar-refractivity contribution in [3.8, 4) is 6.07 Å². The summed E-state index contributed by atoms with van der Waals surface area (Å²) >= 11 is 0. The summed E-state index contributed by atoms with van der Waals surface area (Å²) in [6.45, 7) is 11.9. The summed E-state index contributed by atoms with van der Waals surface area (Å²) < 4.78 is 55.3. The number of hydrogen-bond donors (Lipinski definition) is 2. The number of allylic oxidation sites excluding steroid dienone is 1. The topological polar surface area (TPSA) is 102 Å². The summed E-state index contributed by atoms with van der Waals surface area (Å²) in [5.74, 6) is -0.327. The van der Waals surface area contributed by atoms with Crippen LogP contribution in [0.3, 0.4) is 0 Å². The average Bonchev–Trinajstić information content (AvgIpc) is 3.66. The molecule has 45 heavy (non-hydrogen) atoms. The first-order valence-electron chi connectivity index (χ1n) is 14.9. The summed E-state index contributed by atoms with van der Waals surface area (Å²) in [5, 5.41) is 19.5. The Balaban J connectivity index is 0.00000148. The van der Waals surface area contributed by atoms with Gasteiger partial charge in [0.2, 0.25) is 0 Å². The van der Waals surface area contributed by atoms with Crippen LogP contribution in [0.5, 0.6) is 0 Å². The number of alkyl halides is 3. The molecule has 0 saturated carbocycles. The van der Waals surface area contributed by atoms with E-state index in [0.29, 0.717) is 50.9 Å². The van der Waals surface area contributed by atoms with Crippen LogP contribution in [-0.2, 0) is 11.7 Å². The van der Waals surface area contributed by atoms with Gasteiger partial charge in [-0.25, -0.2) is 14.2 Å². The van der Waals surface area contributed by atoms with Crippen LogP contribution in [0, 0.1) is 17.1 Å². The molecule has 0 bridgehead atoms. The van der Waals surface area contributed by atoms with Crippen molar-refractivity contribution in [3.05, 3.63) is 78.2 Å². The van der Waals surface area contributed by atoms with Crippen LogP contribution < -0.4 is 10.6 Å². The summed E-state index contributed by atoms with van der Waals surface area (Å²) in [6.07, 6.45) is 6.92. The quantitative estimate of drug-likeness (QED) is 0.356. The highest BCUT2D eigenvalue weighted by atomic mass is 19.4. The number of aliphatic imine (C=N–C) groups is 1. The lowest BCUT2D eigenvalue weighted by Crippen LogP contribution is -2.66. The highest BCUT2D eigenvalue weighted by Crippen LogP contribution is 2.38. The van der Waals surface area contributed by atoms with Crippen molar-refractivity contribution in [2.45, 2.75) is 64.2 Å². The zero-order valence-electron chi connectivity index (χ0n) is 25.7. The molecule has 4 heterocycles. The highest BCUT2D eigenvalue weighted by molar-refractivity contribution is 6.09. The van der Waals surface area contributed by atoms with Gasteiger partial charge in [0, 0.05) is 55.8 Å². The maximum absolute atomic E-state index is 13.4. The first-order valence-corrected chi connectivity index (χ1v) is 14.9. The number of nitrogens with one attached hydrogen (secondary N) is 2. The lowest BCUT2D eigenvalue weighted by atomic mass is 9.84. The second-order valence-electron chi connectivity index (χ2n) is 11.4. The van der Waals surface area contributed by atoms with E-state index in [1.807, 2.05) is 23.9 Å². The van der Waals surface area contributed by atoms with Gasteiger partial charge < -0.3 is 15.5 Å². The van der Waals surface area contributed by atoms with Gasteiger partial charge in [0.1, 0.15) is 17.2 Å². The number of likely N-dealkylation sites (tertiary alicyclic amines) is 2. The molecule has 1 aromatic heterocycles. The molecule has 2 saturated heterocycles. The predicted molar refractivity (Wildman–Crippen MR) is 165 cm³/mol. The van der Waals surface area contributed by atoms with E-state index < -0.39 is 34.8 Å². The second-order valence-corrected chi connectivity index (χ2v) is 11.4. The van der Waals surface area contributed by atoms with Crippen molar-refractivity contribution in [1.29, 1.82) is 5.26 Å². The van der Waals surface area contributed by atoms with Crippen molar-refractivity contribution in [3.63, 3.8) is 0 Å². The van der Waals surface area contributed by atoms with Crippen LogP contribution in [0.4, 0.5) is 28.0 Å². The molecule has 240 valence electrons. The fraction of sp³-hybridized carbons (Fsp3) is 0.438. The molecule has 0 radical (unpaired) electrons. The van der Waals surface area contributed by atoms with Gasteiger partial charge in [0.25, 0.3) is 0 Å². The van der Waals surface area contributed by atoms with Crippen LogP contribution in [0.2, 0.25) is 0 Å². The number of anilines is 1. The van der Waals surface area contributed by atoms with Crippen molar-refractivity contribution in [2.24, 2.45) is 4.99 Å². The zero-order chi connectivity index (χ0) is 32.8. The molecule has 2 N–H and O–H groups in total. The monoisotopic (exact) mass is 626 g/mol. The Labute approximate surface area is 260 Å². The summed E-state index contributed by atoms with van der Waals surface area (Å²) in [5.41, 5.74) is 0.651. The molecule has 2 amide bonds. The Hall–Kier alpha value is -4.44. The van der Waals surface area contributed by atoms with Gasteiger partial charge in [-0.15, -0.1) is 0 Å². The van der Waals surface area contributed by atoms with Gasteiger partial charge in [0.05, 0.1) is 29.9 Å². The first-order chi connectivity index (χ1) is 21.5. The lowest BCUT2D eigenvalue weighted by Gasteiger charge is -2.53. The second kappa shape index (κ2) is 14.1. The van der Waals surface area contributed by atoms with Crippen molar-refractivity contribution in [1.82, 2.24) is 24.9 Å². The molecule has 0 unspecified atom stereocenters. The van der Waals surface area contributed by atoms with E-state index in [4.69, 9.17) is 0 Å². The van der Waals surface area contributed by atoms with E-state index in [1.165, 1.54) is 11.3 Å². The minimum atomic E-state index is -4.80. The van der Waals surface area contributed by atoms with Gasteiger partial charge in [-0.05, 0) is 55.8 Å². The fourth-order valence-electron chi connectivity index (χ4n) is 5.72. The number of carbonyl (C=O) groups excluding carboxylic acids is 1. The third-order valence-electron chi connectivity index (χ3n) is 8.04. The third-order valence-corrected chi connectivity index (χ3v) is 8.04. The van der Waals surface area contributed by atoms with Crippen LogP contribution in [0.1, 0.15) is 57.6 Å². The number of amides is 2. The Kier molecular flexibility index (Phi) is 10.5. The minimum absolute atomic E-state index is 0.156. The fourth-order valence-corrected chi connectivity index (χ4v) is 5.72. The Bertz CT molecular complexity index is 1520. The zero-order valence-corrected chi connectivity index (χ0v) is 25.7. The first kappa shape index (κ1) is 33.5. The molecule has 5 rings (SSSR count). The largest absolute Gasteiger partial charge is 0.418 e. The average molecular weight is 627 g/mol. The van der Waals surface area contributed by atoms with E-state index in [-0.39, 0.29) is 12.5 Å². The molecule has 3 aliphatic heterocycles. The van der Waals surface area contributed by atoms with E-state index >= 15 is 0 Å². The molecule has 2 aromatic rings. The van der Waals surface area contributed by atoms with Crippen LogP contribution in [-0.4, -0.2) is 63.7 Å². The van der Waals surface area contributed by atoms with E-state index in [2.05, 4.69) is 52.1 Å². The van der Waals surface area contributed by atoms with Gasteiger partial charge in [0.15, 0.2) is 0 Å². The van der Waals surface area contributed by atoms with Crippen molar-refractivity contribution < 1.29 is 22.4 Å². The molecule has 9 nitrogen and oxygen atoms in total. The maximum atomic E-state index is 13.4.